The van der Waals surface area contributed by atoms with E-state index in [0.29, 0.717) is 6.61 Å². The molecular weight excluding hydrogens is 376 g/mol. The van der Waals surface area contributed by atoms with Crippen LogP contribution in [0.4, 0.5) is 0 Å². The van der Waals surface area contributed by atoms with E-state index in [1.165, 1.54) is 0 Å². The molecule has 1 aromatic rings. The Morgan fingerprint density at radius 2 is 1.95 bits per heavy atom. The second-order valence-electron chi connectivity index (χ2n) is 5.94. The van der Waals surface area contributed by atoms with Gasteiger partial charge in [0.1, 0.15) is 5.75 Å². The van der Waals surface area contributed by atoms with Gasteiger partial charge in [-0.3, -0.25) is 0 Å². The van der Waals surface area contributed by atoms with Crippen molar-refractivity contribution in [1.82, 2.24) is 0 Å². The Balaban J connectivity index is 2.12. The highest BCUT2D eigenvalue weighted by atomic mass is 79.9. The molecule has 118 valence electrons. The fraction of sp³-hybridized carbons (Fsp3) is 0.600. The number of hydrogen-bond donors (Lipinski definition) is 0. The Kier molecular flexibility index (Phi) is 5.60. The zero-order valence-electron chi connectivity index (χ0n) is 12.1. The van der Waals surface area contributed by atoms with E-state index in [9.17, 15) is 8.42 Å². The van der Waals surface area contributed by atoms with E-state index in [-0.39, 0.29) is 11.2 Å². The highest BCUT2D eigenvalue weighted by Gasteiger charge is 2.37. The third-order valence-electron chi connectivity index (χ3n) is 4.06. The van der Waals surface area contributed by atoms with Crippen molar-refractivity contribution >= 4 is 35.7 Å². The van der Waals surface area contributed by atoms with E-state index in [4.69, 9.17) is 15.4 Å². The van der Waals surface area contributed by atoms with Gasteiger partial charge < -0.3 is 4.74 Å². The molecule has 0 N–H and O–H groups in total. The second-order valence-corrected chi connectivity index (χ2v) is 9.63. The van der Waals surface area contributed by atoms with Crippen LogP contribution in [-0.4, -0.2) is 20.8 Å². The Bertz CT molecular complexity index is 595. The van der Waals surface area contributed by atoms with Gasteiger partial charge in [0.15, 0.2) is 0 Å². The number of aryl methyl sites for hydroxylation is 1. The summed E-state index contributed by atoms with van der Waals surface area (Å²) in [6.45, 7) is 2.38. The van der Waals surface area contributed by atoms with Crippen LogP contribution in [0.15, 0.2) is 22.7 Å². The number of benzene rings is 1. The first-order chi connectivity index (χ1) is 9.80. The maximum atomic E-state index is 11.5. The van der Waals surface area contributed by atoms with Crippen molar-refractivity contribution in [3.05, 3.63) is 28.2 Å². The lowest BCUT2D eigenvalue weighted by atomic mass is 9.76. The van der Waals surface area contributed by atoms with Crippen LogP contribution in [0.25, 0.3) is 0 Å². The van der Waals surface area contributed by atoms with E-state index in [0.717, 1.165) is 47.9 Å². The smallest absolute Gasteiger partial charge is 0.233 e. The van der Waals surface area contributed by atoms with Crippen molar-refractivity contribution in [2.75, 3.05) is 12.4 Å². The van der Waals surface area contributed by atoms with Gasteiger partial charge in [0.05, 0.1) is 12.4 Å². The summed E-state index contributed by atoms with van der Waals surface area (Å²) >= 11 is 3.42. The van der Waals surface area contributed by atoms with Crippen LogP contribution in [-0.2, 0) is 9.05 Å². The minimum Gasteiger partial charge on any atom is -0.493 e. The normalized spacial score (nSPS) is 18.4. The second kappa shape index (κ2) is 6.88. The van der Waals surface area contributed by atoms with Gasteiger partial charge in [-0.25, -0.2) is 8.42 Å². The van der Waals surface area contributed by atoms with Crippen LogP contribution in [0.3, 0.4) is 0 Å². The van der Waals surface area contributed by atoms with Gasteiger partial charge in [0.25, 0.3) is 0 Å². The summed E-state index contributed by atoms with van der Waals surface area (Å²) in [6.07, 6.45) is 4.94. The van der Waals surface area contributed by atoms with Crippen LogP contribution in [0.2, 0.25) is 0 Å². The van der Waals surface area contributed by atoms with E-state index < -0.39 is 9.05 Å². The molecule has 21 heavy (non-hydrogen) atoms. The zero-order valence-corrected chi connectivity index (χ0v) is 15.2. The average molecular weight is 396 g/mol. The van der Waals surface area contributed by atoms with Crippen molar-refractivity contribution in [2.45, 2.75) is 39.0 Å². The Morgan fingerprint density at radius 3 is 2.52 bits per heavy atom. The summed E-state index contributed by atoms with van der Waals surface area (Å²) < 4.78 is 30.0. The van der Waals surface area contributed by atoms with Crippen LogP contribution in [0.5, 0.6) is 5.75 Å². The molecule has 0 bridgehead atoms. The van der Waals surface area contributed by atoms with Gasteiger partial charge in [0, 0.05) is 20.6 Å². The zero-order chi connectivity index (χ0) is 15.5. The molecule has 0 radical (unpaired) electrons. The summed E-state index contributed by atoms with van der Waals surface area (Å²) in [4.78, 5) is 0. The highest BCUT2D eigenvalue weighted by Crippen LogP contribution is 2.39. The maximum Gasteiger partial charge on any atom is 0.233 e. The fourth-order valence-corrected chi connectivity index (χ4v) is 5.28. The van der Waals surface area contributed by atoms with Gasteiger partial charge in [-0.1, -0.05) is 35.2 Å². The SMILES string of the molecule is Cc1cc(Br)ccc1OCC1(CS(=O)(=O)Cl)CCCCC1. The van der Waals surface area contributed by atoms with Gasteiger partial charge in [-0.2, -0.15) is 0 Å². The molecule has 1 fully saturated rings. The molecule has 1 aromatic carbocycles. The van der Waals surface area contributed by atoms with Crippen molar-refractivity contribution in [3.63, 3.8) is 0 Å². The number of hydrogen-bond acceptors (Lipinski definition) is 3. The molecule has 2 rings (SSSR count). The quantitative estimate of drug-likeness (QED) is 0.681. The van der Waals surface area contributed by atoms with Gasteiger partial charge >= 0.3 is 0 Å². The third-order valence-corrected chi connectivity index (χ3v) is 5.84. The lowest BCUT2D eigenvalue weighted by Crippen LogP contribution is -2.36. The molecule has 0 aliphatic heterocycles. The molecule has 0 atom stereocenters. The number of ether oxygens (including phenoxy) is 1. The molecule has 1 aliphatic carbocycles. The van der Waals surface area contributed by atoms with Crippen LogP contribution < -0.4 is 4.74 Å². The molecule has 0 saturated heterocycles. The molecule has 1 saturated carbocycles. The lowest BCUT2D eigenvalue weighted by molar-refractivity contribution is 0.118. The van der Waals surface area contributed by atoms with Gasteiger partial charge in [-0.05, 0) is 43.5 Å². The Hall–Kier alpha value is -0.260. The predicted molar refractivity (Wildman–Crippen MR) is 89.5 cm³/mol. The van der Waals surface area contributed by atoms with Crippen molar-refractivity contribution < 1.29 is 13.2 Å². The van der Waals surface area contributed by atoms with Crippen LogP contribution >= 0.6 is 26.6 Å². The summed E-state index contributed by atoms with van der Waals surface area (Å²) in [5.74, 6) is 0.798. The standard InChI is InChI=1S/C15H20BrClO3S/c1-12-9-13(16)5-6-14(12)20-10-15(11-21(17,18)19)7-3-2-4-8-15/h5-6,9H,2-4,7-8,10-11H2,1H3. The molecule has 0 heterocycles. The molecule has 3 nitrogen and oxygen atoms in total. The fourth-order valence-electron chi connectivity index (χ4n) is 3.00. The molecule has 0 amide bonds. The summed E-state index contributed by atoms with van der Waals surface area (Å²) in [6, 6.07) is 5.82. The van der Waals surface area contributed by atoms with Gasteiger partial charge in [0.2, 0.25) is 9.05 Å². The minimum atomic E-state index is -3.52. The highest BCUT2D eigenvalue weighted by molar-refractivity contribution is 9.10. The van der Waals surface area contributed by atoms with Crippen molar-refractivity contribution in [1.29, 1.82) is 0 Å². The number of halogens is 2. The van der Waals surface area contributed by atoms with E-state index in [2.05, 4.69) is 15.9 Å². The minimum absolute atomic E-state index is 0.00285. The first-order valence-corrected chi connectivity index (χ1v) is 10.4. The summed E-state index contributed by atoms with van der Waals surface area (Å²) in [5, 5.41) is 0. The molecule has 0 aromatic heterocycles. The first-order valence-electron chi connectivity index (χ1n) is 7.11. The van der Waals surface area contributed by atoms with E-state index >= 15 is 0 Å². The van der Waals surface area contributed by atoms with Crippen LogP contribution in [0, 0.1) is 12.3 Å². The molecule has 6 heteroatoms. The monoisotopic (exact) mass is 394 g/mol. The Labute approximate surface area is 139 Å². The summed E-state index contributed by atoms with van der Waals surface area (Å²) in [7, 11) is 1.98. The third kappa shape index (κ3) is 5.15. The van der Waals surface area contributed by atoms with Crippen LogP contribution in [0.1, 0.15) is 37.7 Å². The maximum absolute atomic E-state index is 11.5. The molecule has 0 spiro atoms. The summed E-state index contributed by atoms with van der Waals surface area (Å²) in [5.41, 5.74) is 0.683. The topological polar surface area (TPSA) is 43.4 Å². The van der Waals surface area contributed by atoms with Gasteiger partial charge in [-0.15, -0.1) is 0 Å². The lowest BCUT2D eigenvalue weighted by Gasteiger charge is -2.36. The Morgan fingerprint density at radius 1 is 1.29 bits per heavy atom. The predicted octanol–water partition coefficient (Wildman–Crippen LogP) is 4.66. The van der Waals surface area contributed by atoms with Crippen molar-refractivity contribution in [2.24, 2.45) is 5.41 Å². The molecule has 1 aliphatic rings. The van der Waals surface area contributed by atoms with Crippen molar-refractivity contribution in [3.8, 4) is 5.75 Å². The molecular formula is C15H20BrClO3S. The molecule has 0 unspecified atom stereocenters. The first kappa shape index (κ1) is 17.1. The van der Waals surface area contributed by atoms with E-state index in [1.807, 2.05) is 25.1 Å². The van der Waals surface area contributed by atoms with E-state index in [1.54, 1.807) is 0 Å². The number of rotatable bonds is 5. The largest absolute Gasteiger partial charge is 0.493 e. The average Bonchev–Trinajstić information content (AvgIpc) is 2.37.